The lowest BCUT2D eigenvalue weighted by atomic mass is 9.89. The van der Waals surface area contributed by atoms with Crippen molar-refractivity contribution >= 4 is 35.9 Å². The average Bonchev–Trinajstić information content (AvgIpc) is 2.78. The molecule has 0 aromatic rings. The van der Waals surface area contributed by atoms with Crippen LogP contribution in [0.1, 0.15) is 67.7 Å². The van der Waals surface area contributed by atoms with Gasteiger partial charge in [0.25, 0.3) is 0 Å². The van der Waals surface area contributed by atoms with Gasteiger partial charge in [-0.1, -0.05) is 0 Å². The molecule has 0 bridgehead atoms. The van der Waals surface area contributed by atoms with Crippen LogP contribution < -0.4 is 10.6 Å². The average molecular weight is 561 g/mol. The quantitative estimate of drug-likeness (QED) is 0.270. The number of rotatable bonds is 11. The summed E-state index contributed by atoms with van der Waals surface area (Å²) in [6.45, 7) is 9.47. The van der Waals surface area contributed by atoms with E-state index in [4.69, 9.17) is 28.4 Å². The van der Waals surface area contributed by atoms with Crippen molar-refractivity contribution in [1.29, 1.82) is 0 Å². The summed E-state index contributed by atoms with van der Waals surface area (Å²) in [4.78, 5) is 71.8. The van der Waals surface area contributed by atoms with Gasteiger partial charge in [0.15, 0.2) is 12.2 Å². The van der Waals surface area contributed by atoms with Gasteiger partial charge in [-0.05, 0) is 40.0 Å². The number of hydrogen-bond donors (Lipinski definition) is 2. The summed E-state index contributed by atoms with van der Waals surface area (Å²) < 4.78 is 32.0. The van der Waals surface area contributed by atoms with Crippen molar-refractivity contribution in [3.8, 4) is 0 Å². The van der Waals surface area contributed by atoms with E-state index in [0.717, 1.165) is 13.8 Å². The molecule has 6 atom stereocenters. The van der Waals surface area contributed by atoms with Crippen LogP contribution in [0.4, 0.5) is 4.79 Å². The Morgan fingerprint density at radius 2 is 1.46 bits per heavy atom. The fourth-order valence-corrected chi connectivity index (χ4v) is 4.04. The zero-order valence-electron chi connectivity index (χ0n) is 23.7. The highest BCUT2D eigenvalue weighted by Gasteiger charge is 2.50. The van der Waals surface area contributed by atoms with Gasteiger partial charge in [-0.3, -0.25) is 19.2 Å². The number of amides is 2. The summed E-state index contributed by atoms with van der Waals surface area (Å²) in [7, 11) is 1.18. The van der Waals surface area contributed by atoms with Crippen molar-refractivity contribution in [2.24, 2.45) is 0 Å². The Morgan fingerprint density at radius 3 is 1.95 bits per heavy atom. The van der Waals surface area contributed by atoms with Crippen molar-refractivity contribution < 1.29 is 57.2 Å². The Hall–Kier alpha value is -3.42. The molecule has 0 unspecified atom stereocenters. The van der Waals surface area contributed by atoms with E-state index in [1.807, 2.05) is 0 Å². The molecule has 14 nitrogen and oxygen atoms in total. The first-order valence-corrected chi connectivity index (χ1v) is 12.5. The van der Waals surface area contributed by atoms with Crippen LogP contribution >= 0.6 is 0 Å². The van der Waals surface area contributed by atoms with E-state index in [0.29, 0.717) is 0 Å². The largest absolute Gasteiger partial charge is 0.467 e. The maximum atomic E-state index is 12.3. The summed E-state index contributed by atoms with van der Waals surface area (Å²) in [6.07, 6.45) is -4.47. The van der Waals surface area contributed by atoms with E-state index in [-0.39, 0.29) is 25.9 Å². The van der Waals surface area contributed by atoms with Gasteiger partial charge in [0.2, 0.25) is 5.91 Å². The highest BCUT2D eigenvalue weighted by Crippen LogP contribution is 2.30. The number of carbonyl (C=O) groups is 6. The van der Waals surface area contributed by atoms with Crippen molar-refractivity contribution in [3.05, 3.63) is 0 Å². The van der Waals surface area contributed by atoms with Crippen LogP contribution in [0.2, 0.25) is 0 Å². The summed E-state index contributed by atoms with van der Waals surface area (Å²) in [5.41, 5.74) is -0.784. The van der Waals surface area contributed by atoms with E-state index in [9.17, 15) is 28.8 Å². The highest BCUT2D eigenvalue weighted by molar-refractivity contribution is 5.81. The van der Waals surface area contributed by atoms with Gasteiger partial charge in [0.1, 0.15) is 24.4 Å². The van der Waals surface area contributed by atoms with Crippen molar-refractivity contribution in [2.75, 3.05) is 13.7 Å². The molecule has 1 fully saturated rings. The van der Waals surface area contributed by atoms with E-state index in [1.54, 1.807) is 20.8 Å². The minimum absolute atomic E-state index is 0.110. The van der Waals surface area contributed by atoms with Gasteiger partial charge in [0.05, 0.1) is 19.3 Å². The third-order valence-corrected chi connectivity index (χ3v) is 5.38. The second-order valence-electron chi connectivity index (χ2n) is 10.0. The molecule has 39 heavy (non-hydrogen) atoms. The van der Waals surface area contributed by atoms with E-state index in [2.05, 4.69) is 10.6 Å². The molecular formula is C25H40N2O12. The Morgan fingerprint density at radius 1 is 0.872 bits per heavy atom. The molecule has 1 rings (SSSR count). The maximum absolute atomic E-state index is 12.3. The predicted octanol–water partition coefficient (Wildman–Crippen LogP) is 0.922. The molecule has 14 heteroatoms. The molecule has 222 valence electrons. The summed E-state index contributed by atoms with van der Waals surface area (Å²) >= 11 is 0. The van der Waals surface area contributed by atoms with Crippen LogP contribution in [0.25, 0.3) is 0 Å². The lowest BCUT2D eigenvalue weighted by molar-refractivity contribution is -0.224. The number of ether oxygens (including phenoxy) is 6. The lowest BCUT2D eigenvalue weighted by Gasteiger charge is -2.45. The van der Waals surface area contributed by atoms with Gasteiger partial charge in [-0.25, -0.2) is 9.59 Å². The molecule has 1 saturated heterocycles. The summed E-state index contributed by atoms with van der Waals surface area (Å²) in [5.74, 6) is -3.18. The second kappa shape index (κ2) is 15.2. The summed E-state index contributed by atoms with van der Waals surface area (Å²) in [6, 6.07) is -2.00. The standard InChI is InChI=1S/C25H40N2O12/c1-13(28)26-20-18(11-9-10-17(23(32)34-8)27-24(33)39-25(5,6)7)38-19(12-35-14(2)29)21(36-15(3)30)22(20)37-16(4)31/h17-22H,9-12H2,1-8H3,(H,26,28)(H,27,33)/t17-,18-,19+,20+,21+,22+/m0/s1. The molecule has 0 spiro atoms. The number of esters is 4. The Labute approximate surface area is 227 Å². The van der Waals surface area contributed by atoms with Crippen LogP contribution in [0, 0.1) is 0 Å². The monoisotopic (exact) mass is 560 g/mol. The van der Waals surface area contributed by atoms with Crippen LogP contribution in [-0.4, -0.2) is 91.7 Å². The van der Waals surface area contributed by atoms with E-state index >= 15 is 0 Å². The Balaban J connectivity index is 3.19. The topological polar surface area (TPSA) is 182 Å². The number of methoxy groups -OCH3 is 1. The van der Waals surface area contributed by atoms with Crippen LogP contribution in [0.3, 0.4) is 0 Å². The van der Waals surface area contributed by atoms with Crippen LogP contribution in [-0.2, 0) is 52.4 Å². The van der Waals surface area contributed by atoms with Crippen molar-refractivity contribution in [3.63, 3.8) is 0 Å². The molecule has 0 radical (unpaired) electrons. The lowest BCUT2D eigenvalue weighted by Crippen LogP contribution is -2.66. The normalized spacial score (nSPS) is 23.4. The third-order valence-electron chi connectivity index (χ3n) is 5.38. The minimum Gasteiger partial charge on any atom is -0.467 e. The zero-order chi connectivity index (χ0) is 29.9. The molecule has 0 aromatic carbocycles. The molecule has 1 aliphatic heterocycles. The fourth-order valence-electron chi connectivity index (χ4n) is 4.04. The Bertz CT molecular complexity index is 900. The fraction of sp³-hybridized carbons (Fsp3) is 0.760. The molecule has 0 aliphatic carbocycles. The van der Waals surface area contributed by atoms with Crippen LogP contribution in [0.15, 0.2) is 0 Å². The number of hydrogen-bond acceptors (Lipinski definition) is 12. The smallest absolute Gasteiger partial charge is 0.408 e. The first-order valence-electron chi connectivity index (χ1n) is 12.5. The zero-order valence-corrected chi connectivity index (χ0v) is 23.7. The summed E-state index contributed by atoms with van der Waals surface area (Å²) in [5, 5.41) is 5.16. The molecule has 1 heterocycles. The highest BCUT2D eigenvalue weighted by atomic mass is 16.6. The molecule has 0 aromatic heterocycles. The van der Waals surface area contributed by atoms with E-state index in [1.165, 1.54) is 21.0 Å². The van der Waals surface area contributed by atoms with Crippen molar-refractivity contribution in [1.82, 2.24) is 10.6 Å². The number of carbonyl (C=O) groups excluding carboxylic acids is 6. The number of nitrogens with one attached hydrogen (secondary N) is 2. The van der Waals surface area contributed by atoms with Gasteiger partial charge >= 0.3 is 30.0 Å². The Kier molecular flexibility index (Phi) is 13.1. The first-order chi connectivity index (χ1) is 18.0. The van der Waals surface area contributed by atoms with Crippen molar-refractivity contribution in [2.45, 2.75) is 110 Å². The van der Waals surface area contributed by atoms with Gasteiger partial charge < -0.3 is 39.1 Å². The predicted molar refractivity (Wildman–Crippen MR) is 133 cm³/mol. The van der Waals surface area contributed by atoms with Gasteiger partial charge in [-0.2, -0.15) is 0 Å². The molecule has 1 aliphatic rings. The molecule has 0 saturated carbocycles. The minimum atomic E-state index is -1.20. The van der Waals surface area contributed by atoms with Crippen LogP contribution in [0.5, 0.6) is 0 Å². The van der Waals surface area contributed by atoms with E-state index < -0.39 is 78.0 Å². The first kappa shape index (κ1) is 33.6. The SMILES string of the molecule is COC(=O)[C@H](CCC[C@@H]1O[C@H](COC(C)=O)[C@@H](OC(C)=O)[C@H](OC(C)=O)[C@@H]1NC(C)=O)NC(=O)OC(C)(C)C. The maximum Gasteiger partial charge on any atom is 0.408 e. The number of alkyl carbamates (subject to hydrolysis) is 1. The molecular weight excluding hydrogens is 520 g/mol. The molecule has 2 N–H and O–H groups in total. The van der Waals surface area contributed by atoms with Gasteiger partial charge in [-0.15, -0.1) is 0 Å². The second-order valence-corrected chi connectivity index (χ2v) is 10.0. The van der Waals surface area contributed by atoms with Gasteiger partial charge in [0, 0.05) is 27.7 Å². The molecule has 2 amide bonds. The third kappa shape index (κ3) is 12.3.